The maximum absolute atomic E-state index is 5.59. The molecular formula is C22H26N2O3S. The van der Waals surface area contributed by atoms with Crippen LogP contribution in [0, 0.1) is 0 Å². The maximum atomic E-state index is 5.59. The fourth-order valence-electron chi connectivity index (χ4n) is 3.01. The van der Waals surface area contributed by atoms with Gasteiger partial charge in [-0.15, -0.1) is 11.3 Å². The van der Waals surface area contributed by atoms with Crippen LogP contribution in [0.5, 0.6) is 17.2 Å². The van der Waals surface area contributed by atoms with Crippen LogP contribution in [-0.2, 0) is 0 Å². The Bertz CT molecular complexity index is 988. The molecule has 148 valence electrons. The molecule has 2 aromatic carbocycles. The summed E-state index contributed by atoms with van der Waals surface area (Å²) in [6.45, 7) is 6.94. The molecule has 0 amide bonds. The summed E-state index contributed by atoms with van der Waals surface area (Å²) >= 11 is 1.61. The summed E-state index contributed by atoms with van der Waals surface area (Å²) in [5.41, 5.74) is 2.93. The van der Waals surface area contributed by atoms with Crippen LogP contribution in [0.3, 0.4) is 0 Å². The second kappa shape index (κ2) is 8.97. The standard InChI is InChI=1S/C22H26N2O3S/c1-6-27-17-9-7-16(8-10-17)23-22-24(15(2)3)20(14-28-22)19-13-18(25-4)11-12-21(19)26-5/h7-15H,6H2,1-5H3. The van der Waals surface area contributed by atoms with E-state index in [4.69, 9.17) is 19.2 Å². The molecule has 0 spiro atoms. The highest BCUT2D eigenvalue weighted by molar-refractivity contribution is 7.07. The Morgan fingerprint density at radius 2 is 1.71 bits per heavy atom. The van der Waals surface area contributed by atoms with Crippen molar-refractivity contribution in [2.24, 2.45) is 4.99 Å². The lowest BCUT2D eigenvalue weighted by Gasteiger charge is -2.16. The Balaban J connectivity index is 2.10. The van der Waals surface area contributed by atoms with Crippen molar-refractivity contribution >= 4 is 17.0 Å². The molecule has 0 aliphatic heterocycles. The fraction of sp³-hybridized carbons (Fsp3) is 0.318. The Morgan fingerprint density at radius 1 is 1.00 bits per heavy atom. The predicted molar refractivity (Wildman–Crippen MR) is 114 cm³/mol. The van der Waals surface area contributed by atoms with Crippen molar-refractivity contribution in [3.8, 4) is 28.5 Å². The first-order valence-electron chi connectivity index (χ1n) is 9.27. The molecule has 6 heteroatoms. The highest BCUT2D eigenvalue weighted by atomic mass is 32.1. The summed E-state index contributed by atoms with van der Waals surface area (Å²) < 4.78 is 18.7. The quantitative estimate of drug-likeness (QED) is 0.532. The van der Waals surface area contributed by atoms with Crippen molar-refractivity contribution in [2.75, 3.05) is 20.8 Å². The summed E-state index contributed by atoms with van der Waals surface area (Å²) in [5, 5.41) is 2.12. The second-order valence-corrected chi connectivity index (χ2v) is 7.31. The van der Waals surface area contributed by atoms with Crippen LogP contribution in [0.25, 0.3) is 11.3 Å². The number of rotatable bonds is 7. The second-order valence-electron chi connectivity index (χ2n) is 6.47. The van der Waals surface area contributed by atoms with Gasteiger partial charge in [0.2, 0.25) is 0 Å². The first-order chi connectivity index (χ1) is 13.6. The van der Waals surface area contributed by atoms with Gasteiger partial charge in [0.1, 0.15) is 17.2 Å². The molecule has 0 saturated heterocycles. The Kier molecular flexibility index (Phi) is 6.41. The molecule has 3 rings (SSSR count). The predicted octanol–water partition coefficient (Wildman–Crippen LogP) is 5.45. The van der Waals surface area contributed by atoms with Gasteiger partial charge in [-0.1, -0.05) is 0 Å². The van der Waals surface area contributed by atoms with Crippen molar-refractivity contribution in [3.05, 3.63) is 52.6 Å². The molecule has 3 aromatic rings. The molecule has 0 aliphatic carbocycles. The zero-order valence-corrected chi connectivity index (χ0v) is 17.7. The summed E-state index contributed by atoms with van der Waals surface area (Å²) in [4.78, 5) is 5.79. The van der Waals surface area contributed by atoms with Gasteiger partial charge in [-0.3, -0.25) is 0 Å². The van der Waals surface area contributed by atoms with E-state index in [1.54, 1.807) is 25.6 Å². The minimum absolute atomic E-state index is 0.235. The topological polar surface area (TPSA) is 45.0 Å². The average Bonchev–Trinajstić information content (AvgIpc) is 3.12. The van der Waals surface area contributed by atoms with Gasteiger partial charge in [0, 0.05) is 17.0 Å². The SMILES string of the molecule is CCOc1ccc(N=c2scc(-c3cc(OC)ccc3OC)n2C(C)C)cc1. The first-order valence-corrected chi connectivity index (χ1v) is 10.1. The van der Waals surface area contributed by atoms with Crippen LogP contribution < -0.4 is 19.0 Å². The lowest BCUT2D eigenvalue weighted by Crippen LogP contribution is -2.18. The fourth-order valence-corrected chi connectivity index (χ4v) is 4.04. The number of thiazole rings is 1. The molecule has 0 saturated carbocycles. The number of benzene rings is 2. The molecule has 1 aromatic heterocycles. The van der Waals surface area contributed by atoms with Gasteiger partial charge >= 0.3 is 0 Å². The monoisotopic (exact) mass is 398 g/mol. The lowest BCUT2D eigenvalue weighted by molar-refractivity contribution is 0.340. The highest BCUT2D eigenvalue weighted by Crippen LogP contribution is 2.35. The molecule has 5 nitrogen and oxygen atoms in total. The molecule has 0 unspecified atom stereocenters. The molecule has 0 bridgehead atoms. The van der Waals surface area contributed by atoms with Crippen molar-refractivity contribution in [1.82, 2.24) is 4.57 Å². The van der Waals surface area contributed by atoms with Gasteiger partial charge in [-0.2, -0.15) is 0 Å². The normalized spacial score (nSPS) is 11.7. The molecule has 0 fully saturated rings. The summed E-state index contributed by atoms with van der Waals surface area (Å²) in [6, 6.07) is 13.9. The molecule has 0 radical (unpaired) electrons. The Morgan fingerprint density at radius 3 is 2.32 bits per heavy atom. The molecule has 0 aliphatic rings. The zero-order valence-electron chi connectivity index (χ0n) is 16.9. The lowest BCUT2D eigenvalue weighted by atomic mass is 10.1. The van der Waals surface area contributed by atoms with Crippen LogP contribution in [-0.4, -0.2) is 25.4 Å². The largest absolute Gasteiger partial charge is 0.497 e. The van der Waals surface area contributed by atoms with Crippen LogP contribution in [0.15, 0.2) is 52.8 Å². The van der Waals surface area contributed by atoms with E-state index in [-0.39, 0.29) is 6.04 Å². The van der Waals surface area contributed by atoms with E-state index in [1.165, 1.54) is 0 Å². The van der Waals surface area contributed by atoms with Crippen LogP contribution in [0.4, 0.5) is 5.69 Å². The van der Waals surface area contributed by atoms with E-state index < -0.39 is 0 Å². The van der Waals surface area contributed by atoms with Crippen molar-refractivity contribution in [3.63, 3.8) is 0 Å². The number of methoxy groups -OCH3 is 2. The van der Waals surface area contributed by atoms with Gasteiger partial charge in [0.25, 0.3) is 0 Å². The van der Waals surface area contributed by atoms with Gasteiger partial charge in [0.15, 0.2) is 4.80 Å². The molecular weight excluding hydrogens is 372 g/mol. The van der Waals surface area contributed by atoms with E-state index in [0.717, 1.165) is 39.0 Å². The average molecular weight is 399 g/mol. The number of aromatic nitrogens is 1. The van der Waals surface area contributed by atoms with E-state index >= 15 is 0 Å². The third-order valence-electron chi connectivity index (χ3n) is 4.31. The summed E-state index contributed by atoms with van der Waals surface area (Å²) in [5.74, 6) is 2.45. The Hall–Kier alpha value is -2.73. The van der Waals surface area contributed by atoms with Crippen molar-refractivity contribution < 1.29 is 14.2 Å². The van der Waals surface area contributed by atoms with Crippen LogP contribution >= 0.6 is 11.3 Å². The Labute approximate surface area is 169 Å². The number of ether oxygens (including phenoxy) is 3. The molecule has 1 heterocycles. The number of nitrogens with zero attached hydrogens (tertiary/aromatic N) is 2. The summed E-state index contributed by atoms with van der Waals surface area (Å²) in [6.07, 6.45) is 0. The van der Waals surface area contributed by atoms with E-state index in [2.05, 4.69) is 23.8 Å². The molecule has 0 atom stereocenters. The van der Waals surface area contributed by atoms with E-state index in [1.807, 2.05) is 49.4 Å². The van der Waals surface area contributed by atoms with Crippen LogP contribution in [0.2, 0.25) is 0 Å². The minimum Gasteiger partial charge on any atom is -0.497 e. The third-order valence-corrected chi connectivity index (χ3v) is 5.15. The maximum Gasteiger partial charge on any atom is 0.190 e. The third kappa shape index (κ3) is 4.22. The molecule has 28 heavy (non-hydrogen) atoms. The van der Waals surface area contributed by atoms with Crippen molar-refractivity contribution in [1.29, 1.82) is 0 Å². The first kappa shape index (κ1) is 20.0. The summed E-state index contributed by atoms with van der Waals surface area (Å²) in [7, 11) is 3.35. The van der Waals surface area contributed by atoms with E-state index in [0.29, 0.717) is 6.61 Å². The highest BCUT2D eigenvalue weighted by Gasteiger charge is 2.16. The van der Waals surface area contributed by atoms with Gasteiger partial charge in [-0.05, 0) is 63.2 Å². The van der Waals surface area contributed by atoms with E-state index in [9.17, 15) is 0 Å². The van der Waals surface area contributed by atoms with Crippen molar-refractivity contribution in [2.45, 2.75) is 26.8 Å². The molecule has 0 N–H and O–H groups in total. The van der Waals surface area contributed by atoms with Crippen LogP contribution in [0.1, 0.15) is 26.8 Å². The van der Waals surface area contributed by atoms with Gasteiger partial charge < -0.3 is 18.8 Å². The van der Waals surface area contributed by atoms with Gasteiger partial charge in [0.05, 0.1) is 32.2 Å². The smallest absolute Gasteiger partial charge is 0.190 e. The zero-order chi connectivity index (χ0) is 20.1. The number of hydrogen-bond donors (Lipinski definition) is 0. The minimum atomic E-state index is 0.235. The number of hydrogen-bond acceptors (Lipinski definition) is 5. The van der Waals surface area contributed by atoms with Gasteiger partial charge in [-0.25, -0.2) is 4.99 Å².